The fourth-order valence-corrected chi connectivity index (χ4v) is 3.75. The third-order valence-corrected chi connectivity index (χ3v) is 5.61. The van der Waals surface area contributed by atoms with Gasteiger partial charge in [0.15, 0.2) is 16.6 Å². The molecule has 0 aromatic heterocycles. The smallest absolute Gasteiger partial charge is 0.281 e. The number of ether oxygens (including phenoxy) is 2. The van der Waals surface area contributed by atoms with E-state index >= 15 is 0 Å². The molecule has 1 fully saturated rings. The molecule has 0 spiro atoms. The Hall–Kier alpha value is -3.71. The van der Waals surface area contributed by atoms with Crippen LogP contribution in [0.2, 0.25) is 0 Å². The van der Waals surface area contributed by atoms with E-state index in [0.29, 0.717) is 28.9 Å². The number of para-hydroxylation sites is 1. The van der Waals surface area contributed by atoms with Crippen molar-refractivity contribution in [2.45, 2.75) is 13.5 Å². The van der Waals surface area contributed by atoms with E-state index < -0.39 is 0 Å². The van der Waals surface area contributed by atoms with E-state index in [0.717, 1.165) is 16.8 Å². The Morgan fingerprint density at radius 3 is 2.39 bits per heavy atom. The largest absolute Gasteiger partial charge is 0.490 e. The van der Waals surface area contributed by atoms with Crippen LogP contribution in [0.15, 0.2) is 78.5 Å². The van der Waals surface area contributed by atoms with Gasteiger partial charge >= 0.3 is 0 Å². The number of anilines is 1. The highest BCUT2D eigenvalue weighted by Crippen LogP contribution is 2.32. The normalized spacial score (nSPS) is 14.8. The number of rotatable bonds is 7. The number of nitrogens with zero attached hydrogens (tertiary/aromatic N) is 2. The number of thiocarbonyl (C=S) groups is 1. The average Bonchev–Trinajstić information content (AvgIpc) is 3.03. The minimum atomic E-state index is -0.289. The molecule has 7 heteroatoms. The topological polar surface area (TPSA) is 42.0 Å². The van der Waals surface area contributed by atoms with Gasteiger partial charge in [0.2, 0.25) is 0 Å². The van der Waals surface area contributed by atoms with Crippen molar-refractivity contribution in [3.8, 4) is 11.5 Å². The van der Waals surface area contributed by atoms with E-state index in [1.54, 1.807) is 36.2 Å². The minimum absolute atomic E-state index is 0.191. The molecule has 168 valence electrons. The van der Waals surface area contributed by atoms with Crippen LogP contribution in [0.1, 0.15) is 18.1 Å². The quantitative estimate of drug-likeness (QED) is 0.347. The molecule has 0 unspecified atom stereocenters. The second-order valence-corrected chi connectivity index (χ2v) is 7.77. The maximum atomic E-state index is 13.1. The lowest BCUT2D eigenvalue weighted by atomic mass is 10.1. The highest BCUT2D eigenvalue weighted by Gasteiger charge is 2.36. The van der Waals surface area contributed by atoms with Gasteiger partial charge in [-0.05, 0) is 72.7 Å². The Bertz CT molecular complexity index is 1200. The third-order valence-electron chi connectivity index (χ3n) is 5.15. The summed E-state index contributed by atoms with van der Waals surface area (Å²) in [5.41, 5.74) is 2.81. The Balaban J connectivity index is 1.58. The molecule has 1 heterocycles. The Morgan fingerprint density at radius 1 is 0.970 bits per heavy atom. The Labute approximate surface area is 197 Å². The van der Waals surface area contributed by atoms with Gasteiger partial charge in [-0.2, -0.15) is 0 Å². The average molecular weight is 463 g/mol. The van der Waals surface area contributed by atoms with Crippen LogP contribution in [0, 0.1) is 5.82 Å². The van der Waals surface area contributed by atoms with Crippen LogP contribution in [0.3, 0.4) is 0 Å². The van der Waals surface area contributed by atoms with Gasteiger partial charge in [-0.25, -0.2) is 4.39 Å². The molecule has 0 bridgehead atoms. The number of carbonyl (C=O) groups excluding carboxylic acids is 1. The van der Waals surface area contributed by atoms with Crippen molar-refractivity contribution < 1.29 is 18.7 Å². The van der Waals surface area contributed by atoms with E-state index in [-0.39, 0.29) is 18.3 Å². The summed E-state index contributed by atoms with van der Waals surface area (Å²) in [5.74, 6) is 0.645. The van der Waals surface area contributed by atoms with Crippen molar-refractivity contribution >= 4 is 35.0 Å². The molecular weight excluding hydrogens is 439 g/mol. The molecule has 0 atom stereocenters. The molecule has 0 aliphatic carbocycles. The lowest BCUT2D eigenvalue weighted by Gasteiger charge is -2.16. The zero-order chi connectivity index (χ0) is 23.4. The summed E-state index contributed by atoms with van der Waals surface area (Å²) in [7, 11) is 1.78. The first-order valence-electron chi connectivity index (χ1n) is 10.5. The first-order valence-corrected chi connectivity index (χ1v) is 10.9. The maximum Gasteiger partial charge on any atom is 0.281 e. The molecule has 5 nitrogen and oxygen atoms in total. The van der Waals surface area contributed by atoms with Crippen LogP contribution >= 0.6 is 12.2 Å². The summed E-state index contributed by atoms with van der Waals surface area (Å²) in [6.45, 7) is 2.62. The predicted molar refractivity (Wildman–Crippen MR) is 131 cm³/mol. The minimum Gasteiger partial charge on any atom is -0.490 e. The first-order chi connectivity index (χ1) is 16.0. The van der Waals surface area contributed by atoms with Crippen LogP contribution in [0.25, 0.3) is 6.08 Å². The van der Waals surface area contributed by atoms with Crippen molar-refractivity contribution in [3.05, 3.63) is 95.4 Å². The number of benzene rings is 3. The molecule has 3 aromatic carbocycles. The lowest BCUT2D eigenvalue weighted by molar-refractivity contribution is -0.114. The van der Waals surface area contributed by atoms with E-state index in [1.807, 2.05) is 49.4 Å². The second-order valence-electron chi connectivity index (χ2n) is 7.40. The number of halogens is 1. The van der Waals surface area contributed by atoms with Crippen LogP contribution in [-0.2, 0) is 11.4 Å². The van der Waals surface area contributed by atoms with Crippen molar-refractivity contribution in [2.75, 3.05) is 18.6 Å². The molecule has 1 saturated heterocycles. The number of likely N-dealkylation sites (N-methyl/N-ethyl adjacent to an activating group) is 1. The van der Waals surface area contributed by atoms with Gasteiger partial charge in [-0.1, -0.05) is 36.4 Å². The van der Waals surface area contributed by atoms with Gasteiger partial charge < -0.3 is 14.4 Å². The number of carbonyl (C=O) groups is 1. The second kappa shape index (κ2) is 9.83. The summed E-state index contributed by atoms with van der Waals surface area (Å²) >= 11 is 5.51. The SMILES string of the molecule is CCOc1cc(/C=C2/C(=O)N(c3ccccc3)C(=S)N2C)ccc1OCc1ccc(F)cc1. The highest BCUT2D eigenvalue weighted by molar-refractivity contribution is 7.80. The fourth-order valence-electron chi connectivity index (χ4n) is 3.46. The van der Waals surface area contributed by atoms with Crippen LogP contribution in [0.4, 0.5) is 10.1 Å². The summed E-state index contributed by atoms with van der Waals surface area (Å²) in [6, 6.07) is 21.0. The van der Waals surface area contributed by atoms with Crippen molar-refractivity contribution in [1.29, 1.82) is 0 Å². The molecule has 1 aliphatic heterocycles. The van der Waals surface area contributed by atoms with Gasteiger partial charge in [0.05, 0.1) is 12.3 Å². The van der Waals surface area contributed by atoms with Crippen molar-refractivity contribution in [2.24, 2.45) is 0 Å². The summed E-state index contributed by atoms with van der Waals surface area (Å²) in [5, 5.41) is 0.418. The molecule has 1 amide bonds. The number of amides is 1. The van der Waals surface area contributed by atoms with Crippen LogP contribution in [-0.4, -0.2) is 29.6 Å². The first kappa shape index (κ1) is 22.5. The molecule has 1 aliphatic rings. The molecular formula is C26H23FN2O3S. The number of hydrogen-bond donors (Lipinski definition) is 0. The van der Waals surface area contributed by atoms with Gasteiger partial charge in [0.25, 0.3) is 5.91 Å². The van der Waals surface area contributed by atoms with Gasteiger partial charge in [0.1, 0.15) is 18.1 Å². The Morgan fingerprint density at radius 2 is 1.70 bits per heavy atom. The van der Waals surface area contributed by atoms with Gasteiger partial charge in [0, 0.05) is 7.05 Å². The number of hydrogen-bond acceptors (Lipinski definition) is 4. The lowest BCUT2D eigenvalue weighted by Crippen LogP contribution is -2.30. The molecule has 3 aromatic rings. The molecule has 0 N–H and O–H groups in total. The Kier molecular flexibility index (Phi) is 6.70. The summed E-state index contributed by atoms with van der Waals surface area (Å²) in [4.78, 5) is 16.4. The van der Waals surface area contributed by atoms with E-state index in [1.165, 1.54) is 17.0 Å². The zero-order valence-electron chi connectivity index (χ0n) is 18.3. The fraction of sp³-hybridized carbons (Fsp3) is 0.154. The summed E-state index contributed by atoms with van der Waals surface area (Å²) in [6.07, 6.45) is 1.78. The third kappa shape index (κ3) is 4.88. The standard InChI is InChI=1S/C26H23FN2O3S/c1-3-31-24-16-19(11-14-23(24)32-17-18-9-12-20(27)13-10-18)15-22-25(30)29(26(33)28(22)2)21-7-5-4-6-8-21/h4-16H,3,17H2,1-2H3/b22-15-. The molecule has 4 rings (SSSR count). The molecule has 33 heavy (non-hydrogen) atoms. The van der Waals surface area contributed by atoms with Crippen LogP contribution in [0.5, 0.6) is 11.5 Å². The van der Waals surface area contributed by atoms with E-state index in [2.05, 4.69) is 0 Å². The zero-order valence-corrected chi connectivity index (χ0v) is 19.1. The van der Waals surface area contributed by atoms with E-state index in [4.69, 9.17) is 21.7 Å². The highest BCUT2D eigenvalue weighted by atomic mass is 32.1. The predicted octanol–water partition coefficient (Wildman–Crippen LogP) is 5.41. The molecule has 0 radical (unpaired) electrons. The van der Waals surface area contributed by atoms with E-state index in [9.17, 15) is 9.18 Å². The maximum absolute atomic E-state index is 13.1. The molecule has 0 saturated carbocycles. The van der Waals surface area contributed by atoms with Gasteiger partial charge in [-0.3, -0.25) is 9.69 Å². The van der Waals surface area contributed by atoms with Crippen molar-refractivity contribution in [3.63, 3.8) is 0 Å². The van der Waals surface area contributed by atoms with Crippen molar-refractivity contribution in [1.82, 2.24) is 4.90 Å². The van der Waals surface area contributed by atoms with Gasteiger partial charge in [-0.15, -0.1) is 0 Å². The monoisotopic (exact) mass is 462 g/mol. The van der Waals surface area contributed by atoms with Crippen LogP contribution < -0.4 is 14.4 Å². The summed E-state index contributed by atoms with van der Waals surface area (Å²) < 4.78 is 24.8.